The van der Waals surface area contributed by atoms with E-state index in [2.05, 4.69) is 15.4 Å². The number of carbonyl (C=O) groups is 1. The molecule has 0 saturated heterocycles. The number of fused-ring (bicyclic) bond motifs is 1. The summed E-state index contributed by atoms with van der Waals surface area (Å²) in [6.07, 6.45) is 8.54. The zero-order valence-electron chi connectivity index (χ0n) is 14.9. The van der Waals surface area contributed by atoms with Crippen molar-refractivity contribution >= 4 is 34.5 Å². The maximum Gasteiger partial charge on any atom is 0.245 e. The molecule has 1 amide bonds. The lowest BCUT2D eigenvalue weighted by Crippen LogP contribution is -2.22. The molecule has 1 fully saturated rings. The molecule has 1 saturated carbocycles. The van der Waals surface area contributed by atoms with Crippen LogP contribution in [0.5, 0.6) is 0 Å². The minimum atomic E-state index is -0.0461. The van der Waals surface area contributed by atoms with Gasteiger partial charge in [-0.15, -0.1) is 0 Å². The van der Waals surface area contributed by atoms with Crippen molar-refractivity contribution in [1.29, 1.82) is 0 Å². The minimum Gasteiger partial charge on any atom is -0.318 e. The maximum atomic E-state index is 12.7. The predicted octanol–water partition coefficient (Wildman–Crippen LogP) is 3.85. The van der Waals surface area contributed by atoms with Gasteiger partial charge in [0.2, 0.25) is 5.91 Å². The lowest BCUT2D eigenvalue weighted by atomic mass is 10.2. The quantitative estimate of drug-likeness (QED) is 0.717. The molecule has 0 spiro atoms. The molecule has 0 bridgehead atoms. The van der Waals surface area contributed by atoms with E-state index in [-0.39, 0.29) is 12.5 Å². The van der Waals surface area contributed by atoms with E-state index in [0.717, 1.165) is 41.3 Å². The molecule has 1 N–H and O–H groups in total. The van der Waals surface area contributed by atoms with Crippen LogP contribution in [0.25, 0.3) is 11.0 Å². The molecule has 1 aromatic carbocycles. The Kier molecular flexibility index (Phi) is 4.97. The van der Waals surface area contributed by atoms with Crippen molar-refractivity contribution in [1.82, 2.24) is 19.3 Å². The minimum absolute atomic E-state index is 0.0461. The number of anilines is 1. The number of nitrogens with zero attached hydrogens (tertiary/aromatic N) is 4. The third kappa shape index (κ3) is 3.35. The van der Waals surface area contributed by atoms with Crippen molar-refractivity contribution < 1.29 is 4.79 Å². The van der Waals surface area contributed by atoms with E-state index in [0.29, 0.717) is 6.04 Å². The zero-order chi connectivity index (χ0) is 17.9. The van der Waals surface area contributed by atoms with Crippen LogP contribution in [-0.4, -0.2) is 31.5 Å². The van der Waals surface area contributed by atoms with E-state index in [9.17, 15) is 4.79 Å². The van der Waals surface area contributed by atoms with Crippen molar-refractivity contribution in [3.63, 3.8) is 0 Å². The van der Waals surface area contributed by atoms with Gasteiger partial charge in [0.15, 0.2) is 0 Å². The van der Waals surface area contributed by atoms with Crippen LogP contribution in [-0.2, 0) is 17.1 Å². The number of nitrogens with one attached hydrogen (secondary N) is 1. The van der Waals surface area contributed by atoms with E-state index >= 15 is 0 Å². The number of hydrogen-bond donors (Lipinski definition) is 1. The first-order chi connectivity index (χ1) is 12.8. The van der Waals surface area contributed by atoms with Gasteiger partial charge in [0.1, 0.15) is 18.2 Å². The molecule has 136 valence electrons. The first-order valence-corrected chi connectivity index (χ1v) is 10.4. The molecular formula is C19H23N5OS. The number of rotatable bonds is 6. The first-order valence-electron chi connectivity index (χ1n) is 9.02. The topological polar surface area (TPSA) is 64.7 Å². The summed E-state index contributed by atoms with van der Waals surface area (Å²) in [6.45, 7) is 0.256. The molecule has 26 heavy (non-hydrogen) atoms. The first kappa shape index (κ1) is 17.1. The highest BCUT2D eigenvalue weighted by molar-refractivity contribution is 7.97. The SMILES string of the molecule is CSCc1nc2ccccc2n1CC(=O)Nc1ccnn1C1CCCC1. The summed E-state index contributed by atoms with van der Waals surface area (Å²) in [5, 5.41) is 7.47. The molecule has 6 nitrogen and oxygen atoms in total. The van der Waals surface area contributed by atoms with Crippen LogP contribution < -0.4 is 5.32 Å². The second-order valence-electron chi connectivity index (χ2n) is 6.68. The zero-order valence-corrected chi connectivity index (χ0v) is 15.7. The van der Waals surface area contributed by atoms with Gasteiger partial charge in [0.25, 0.3) is 0 Å². The second kappa shape index (κ2) is 7.53. The number of para-hydroxylation sites is 2. The highest BCUT2D eigenvalue weighted by atomic mass is 32.2. The monoisotopic (exact) mass is 369 g/mol. The molecule has 0 atom stereocenters. The molecule has 0 unspecified atom stereocenters. The normalized spacial score (nSPS) is 15.0. The van der Waals surface area contributed by atoms with Crippen molar-refractivity contribution in [2.45, 2.75) is 44.0 Å². The van der Waals surface area contributed by atoms with Crippen LogP contribution in [0.3, 0.4) is 0 Å². The standard InChI is InChI=1S/C19H23N5OS/c1-26-13-18-21-15-8-4-5-9-16(15)23(18)12-19(25)22-17-10-11-20-24(17)14-6-2-3-7-14/h4-5,8-11,14H,2-3,6-7,12-13H2,1H3,(H,22,25). The van der Waals surface area contributed by atoms with Crippen molar-refractivity contribution in [2.24, 2.45) is 0 Å². The Hall–Kier alpha value is -2.28. The summed E-state index contributed by atoms with van der Waals surface area (Å²) < 4.78 is 3.98. The average molecular weight is 369 g/mol. The number of imidazole rings is 1. The molecule has 1 aliphatic carbocycles. The second-order valence-corrected chi connectivity index (χ2v) is 7.55. The van der Waals surface area contributed by atoms with Gasteiger partial charge in [-0.3, -0.25) is 4.79 Å². The molecule has 4 rings (SSSR count). The van der Waals surface area contributed by atoms with E-state index in [1.54, 1.807) is 18.0 Å². The molecule has 7 heteroatoms. The van der Waals surface area contributed by atoms with Crippen LogP contribution >= 0.6 is 11.8 Å². The highest BCUT2D eigenvalue weighted by Gasteiger charge is 2.21. The Labute approximate surface area is 157 Å². The molecule has 0 aliphatic heterocycles. The molecule has 1 aliphatic rings. The molecule has 0 radical (unpaired) electrons. The number of carbonyl (C=O) groups excluding carboxylic acids is 1. The maximum absolute atomic E-state index is 12.7. The third-order valence-corrected chi connectivity index (χ3v) is 5.46. The molecular weight excluding hydrogens is 346 g/mol. The van der Waals surface area contributed by atoms with E-state index in [4.69, 9.17) is 0 Å². The van der Waals surface area contributed by atoms with Gasteiger partial charge in [0.05, 0.1) is 29.0 Å². The number of thioether (sulfide) groups is 1. The number of amides is 1. The van der Waals surface area contributed by atoms with Gasteiger partial charge in [-0.25, -0.2) is 9.67 Å². The van der Waals surface area contributed by atoms with Crippen LogP contribution in [0.15, 0.2) is 36.5 Å². The Morgan fingerprint density at radius 2 is 2.08 bits per heavy atom. The van der Waals surface area contributed by atoms with E-state index < -0.39 is 0 Å². The van der Waals surface area contributed by atoms with Crippen molar-refractivity contribution in [2.75, 3.05) is 11.6 Å². The number of hydrogen-bond acceptors (Lipinski definition) is 4. The van der Waals surface area contributed by atoms with E-state index in [1.807, 2.05) is 45.8 Å². The van der Waals surface area contributed by atoms with Gasteiger partial charge in [-0.05, 0) is 31.2 Å². The fraction of sp³-hybridized carbons (Fsp3) is 0.421. The summed E-state index contributed by atoms with van der Waals surface area (Å²) in [5.41, 5.74) is 1.93. The number of aromatic nitrogens is 4. The van der Waals surface area contributed by atoms with Gasteiger partial charge in [-0.2, -0.15) is 16.9 Å². The van der Waals surface area contributed by atoms with Crippen LogP contribution in [0.4, 0.5) is 5.82 Å². The highest BCUT2D eigenvalue weighted by Crippen LogP contribution is 2.31. The number of benzene rings is 1. The van der Waals surface area contributed by atoms with E-state index in [1.165, 1.54) is 12.8 Å². The lowest BCUT2D eigenvalue weighted by Gasteiger charge is -2.15. The summed E-state index contributed by atoms with van der Waals surface area (Å²) >= 11 is 1.71. The molecule has 2 aromatic heterocycles. The smallest absolute Gasteiger partial charge is 0.245 e. The third-order valence-electron chi connectivity index (χ3n) is 4.92. The average Bonchev–Trinajstić information content (AvgIpc) is 3.36. The summed E-state index contributed by atoms with van der Waals surface area (Å²) in [6, 6.07) is 10.2. The van der Waals surface area contributed by atoms with Gasteiger partial charge in [0, 0.05) is 6.07 Å². The molecule has 2 heterocycles. The summed E-state index contributed by atoms with van der Waals surface area (Å²) in [5.74, 6) is 2.45. The summed E-state index contributed by atoms with van der Waals surface area (Å²) in [7, 11) is 0. The fourth-order valence-electron chi connectivity index (χ4n) is 3.72. The fourth-order valence-corrected chi connectivity index (χ4v) is 4.20. The predicted molar refractivity (Wildman–Crippen MR) is 105 cm³/mol. The van der Waals surface area contributed by atoms with Crippen LogP contribution in [0, 0.1) is 0 Å². The Morgan fingerprint density at radius 3 is 2.88 bits per heavy atom. The Morgan fingerprint density at radius 1 is 1.27 bits per heavy atom. The van der Waals surface area contributed by atoms with Crippen LogP contribution in [0.2, 0.25) is 0 Å². The lowest BCUT2D eigenvalue weighted by molar-refractivity contribution is -0.116. The summed E-state index contributed by atoms with van der Waals surface area (Å²) in [4.78, 5) is 17.4. The Bertz CT molecular complexity index is 910. The van der Waals surface area contributed by atoms with Crippen LogP contribution in [0.1, 0.15) is 37.5 Å². The van der Waals surface area contributed by atoms with Gasteiger partial charge < -0.3 is 9.88 Å². The van der Waals surface area contributed by atoms with Crippen molar-refractivity contribution in [3.05, 3.63) is 42.4 Å². The Balaban J connectivity index is 1.55. The molecule has 3 aromatic rings. The van der Waals surface area contributed by atoms with Gasteiger partial charge in [-0.1, -0.05) is 25.0 Å². The largest absolute Gasteiger partial charge is 0.318 e. The van der Waals surface area contributed by atoms with Crippen molar-refractivity contribution in [3.8, 4) is 0 Å². The van der Waals surface area contributed by atoms with Gasteiger partial charge >= 0.3 is 0 Å².